The lowest BCUT2D eigenvalue weighted by Gasteiger charge is -2.14. The van der Waals surface area contributed by atoms with Gasteiger partial charge in [0.1, 0.15) is 11.6 Å². The molecule has 0 unspecified atom stereocenters. The molecule has 0 atom stereocenters. The SMILES string of the molecule is COc1ccc(F)cc1C(=O)COC(=O)c1ccc(S(=O)(=O)N(C)OC)cc1. The zero-order valence-electron chi connectivity index (χ0n) is 15.3. The van der Waals surface area contributed by atoms with Gasteiger partial charge in [-0.3, -0.25) is 9.63 Å². The summed E-state index contributed by atoms with van der Waals surface area (Å²) in [5.41, 5.74) is -0.0163. The molecule has 150 valence electrons. The molecule has 0 aliphatic heterocycles. The summed E-state index contributed by atoms with van der Waals surface area (Å²) in [7, 11) is -0.0953. The maximum absolute atomic E-state index is 13.3. The summed E-state index contributed by atoms with van der Waals surface area (Å²) in [6, 6.07) is 8.31. The Hall–Kier alpha value is -2.82. The largest absolute Gasteiger partial charge is 0.496 e. The Morgan fingerprint density at radius 1 is 1.07 bits per heavy atom. The molecular formula is C18H18FNO7S. The first-order valence-electron chi connectivity index (χ1n) is 7.87. The highest BCUT2D eigenvalue weighted by Gasteiger charge is 2.21. The maximum atomic E-state index is 13.3. The Labute approximate surface area is 161 Å². The number of carbonyl (C=O) groups is 2. The third-order valence-corrected chi connectivity index (χ3v) is 5.47. The first-order chi connectivity index (χ1) is 13.2. The molecule has 8 nitrogen and oxygen atoms in total. The van der Waals surface area contributed by atoms with Crippen molar-refractivity contribution in [2.24, 2.45) is 0 Å². The van der Waals surface area contributed by atoms with Crippen LogP contribution in [0.15, 0.2) is 47.4 Å². The van der Waals surface area contributed by atoms with E-state index < -0.39 is 34.2 Å². The molecular weight excluding hydrogens is 393 g/mol. The van der Waals surface area contributed by atoms with Crippen molar-refractivity contribution in [3.05, 3.63) is 59.4 Å². The number of esters is 1. The lowest BCUT2D eigenvalue weighted by Crippen LogP contribution is -2.25. The van der Waals surface area contributed by atoms with E-state index in [1.54, 1.807) is 0 Å². The van der Waals surface area contributed by atoms with E-state index in [-0.39, 0.29) is 21.8 Å². The predicted octanol–water partition coefficient (Wildman–Crippen LogP) is 2.06. The van der Waals surface area contributed by atoms with Gasteiger partial charge in [0.15, 0.2) is 6.61 Å². The van der Waals surface area contributed by atoms with E-state index in [4.69, 9.17) is 9.47 Å². The number of nitrogens with zero attached hydrogens (tertiary/aromatic N) is 1. The van der Waals surface area contributed by atoms with Crippen LogP contribution in [0.1, 0.15) is 20.7 Å². The van der Waals surface area contributed by atoms with Crippen molar-refractivity contribution in [2.75, 3.05) is 27.9 Å². The second kappa shape index (κ2) is 8.91. The minimum atomic E-state index is -3.85. The van der Waals surface area contributed by atoms with Gasteiger partial charge in [-0.05, 0) is 42.5 Å². The molecule has 10 heteroatoms. The second-order valence-electron chi connectivity index (χ2n) is 5.47. The molecule has 0 amide bonds. The molecule has 0 saturated heterocycles. The number of carbonyl (C=O) groups excluding carboxylic acids is 2. The summed E-state index contributed by atoms with van der Waals surface area (Å²) >= 11 is 0. The van der Waals surface area contributed by atoms with E-state index in [0.717, 1.165) is 12.1 Å². The Morgan fingerprint density at radius 2 is 1.71 bits per heavy atom. The van der Waals surface area contributed by atoms with Crippen molar-refractivity contribution < 1.29 is 36.7 Å². The highest BCUT2D eigenvalue weighted by atomic mass is 32.2. The van der Waals surface area contributed by atoms with Crippen molar-refractivity contribution in [3.8, 4) is 5.75 Å². The predicted molar refractivity (Wildman–Crippen MR) is 96.0 cm³/mol. The molecule has 2 aromatic rings. The third kappa shape index (κ3) is 4.71. The fourth-order valence-corrected chi connectivity index (χ4v) is 3.17. The average molecular weight is 411 g/mol. The van der Waals surface area contributed by atoms with Gasteiger partial charge < -0.3 is 9.47 Å². The fraction of sp³-hybridized carbons (Fsp3) is 0.222. The number of Topliss-reactive ketones (excluding diaryl/α,β-unsaturated/α-hetero) is 1. The third-order valence-electron chi connectivity index (χ3n) is 3.78. The molecule has 2 aromatic carbocycles. The quantitative estimate of drug-likeness (QED) is 0.372. The van der Waals surface area contributed by atoms with Gasteiger partial charge in [-0.15, -0.1) is 0 Å². The molecule has 0 N–H and O–H groups in total. The Morgan fingerprint density at radius 3 is 2.29 bits per heavy atom. The van der Waals surface area contributed by atoms with E-state index in [1.165, 1.54) is 51.6 Å². The number of hydrogen-bond acceptors (Lipinski definition) is 7. The first kappa shape index (κ1) is 21.5. The van der Waals surface area contributed by atoms with Crippen LogP contribution in [-0.2, 0) is 19.6 Å². The van der Waals surface area contributed by atoms with Crippen molar-refractivity contribution in [3.63, 3.8) is 0 Å². The Balaban J connectivity index is 2.08. The minimum absolute atomic E-state index is 0.0398. The Bertz CT molecular complexity index is 974. The topological polar surface area (TPSA) is 99.2 Å². The van der Waals surface area contributed by atoms with E-state index in [9.17, 15) is 22.4 Å². The molecule has 2 rings (SSSR count). The van der Waals surface area contributed by atoms with Crippen LogP contribution in [0.2, 0.25) is 0 Å². The van der Waals surface area contributed by atoms with Gasteiger partial charge in [-0.1, -0.05) is 4.47 Å². The molecule has 0 heterocycles. The molecule has 0 spiro atoms. The van der Waals surface area contributed by atoms with E-state index >= 15 is 0 Å². The van der Waals surface area contributed by atoms with Crippen molar-refractivity contribution in [1.29, 1.82) is 0 Å². The summed E-state index contributed by atoms with van der Waals surface area (Å²) < 4.78 is 48.1. The number of benzene rings is 2. The number of hydroxylamine groups is 1. The first-order valence-corrected chi connectivity index (χ1v) is 9.31. The fourth-order valence-electron chi connectivity index (χ4n) is 2.20. The van der Waals surface area contributed by atoms with E-state index in [1.807, 2.05) is 0 Å². The zero-order valence-corrected chi connectivity index (χ0v) is 16.2. The second-order valence-corrected chi connectivity index (χ2v) is 7.40. The number of sulfonamides is 1. The van der Waals surface area contributed by atoms with Gasteiger partial charge >= 0.3 is 5.97 Å². The van der Waals surface area contributed by atoms with Gasteiger partial charge in [0.25, 0.3) is 10.0 Å². The zero-order chi connectivity index (χ0) is 20.9. The lowest BCUT2D eigenvalue weighted by atomic mass is 10.1. The van der Waals surface area contributed by atoms with Gasteiger partial charge in [-0.25, -0.2) is 17.6 Å². The molecule has 0 bridgehead atoms. The molecule has 0 aliphatic rings. The average Bonchev–Trinajstić information content (AvgIpc) is 2.70. The van der Waals surface area contributed by atoms with Gasteiger partial charge in [0.05, 0.1) is 30.2 Å². The number of rotatable bonds is 8. The standard InChI is InChI=1S/C18H18FNO7S/c1-20(26-3)28(23,24)14-7-4-12(5-8-14)18(22)27-11-16(21)15-10-13(19)6-9-17(15)25-2/h4-10H,11H2,1-3H3. The van der Waals surface area contributed by atoms with Crippen molar-refractivity contribution in [1.82, 2.24) is 4.47 Å². The molecule has 28 heavy (non-hydrogen) atoms. The number of hydrogen-bond donors (Lipinski definition) is 0. The smallest absolute Gasteiger partial charge is 0.338 e. The molecule has 0 radical (unpaired) electrons. The summed E-state index contributed by atoms with van der Waals surface area (Å²) in [6.45, 7) is -0.634. The monoisotopic (exact) mass is 411 g/mol. The van der Waals surface area contributed by atoms with Gasteiger partial charge in [0.2, 0.25) is 5.78 Å². The van der Waals surface area contributed by atoms with Crippen LogP contribution < -0.4 is 4.74 Å². The van der Waals surface area contributed by atoms with Crippen LogP contribution in [-0.4, -0.2) is 52.5 Å². The number of ether oxygens (including phenoxy) is 2. The highest BCUT2D eigenvalue weighted by Crippen LogP contribution is 2.20. The molecule has 0 saturated carbocycles. The number of ketones is 1. The van der Waals surface area contributed by atoms with Crippen LogP contribution in [0.3, 0.4) is 0 Å². The lowest BCUT2D eigenvalue weighted by molar-refractivity contribution is -0.0258. The van der Waals surface area contributed by atoms with Crippen molar-refractivity contribution in [2.45, 2.75) is 4.90 Å². The molecule has 0 aromatic heterocycles. The number of methoxy groups -OCH3 is 1. The van der Waals surface area contributed by atoms with Crippen molar-refractivity contribution >= 4 is 21.8 Å². The van der Waals surface area contributed by atoms with Crippen LogP contribution >= 0.6 is 0 Å². The maximum Gasteiger partial charge on any atom is 0.338 e. The Kier molecular flexibility index (Phi) is 6.84. The van der Waals surface area contributed by atoms with Gasteiger partial charge in [0, 0.05) is 7.05 Å². The summed E-state index contributed by atoms with van der Waals surface area (Å²) in [6.07, 6.45) is 0. The molecule has 0 fully saturated rings. The van der Waals surface area contributed by atoms with Gasteiger partial charge in [-0.2, -0.15) is 0 Å². The van der Waals surface area contributed by atoms with Crippen LogP contribution in [0.5, 0.6) is 5.75 Å². The van der Waals surface area contributed by atoms with Crippen LogP contribution in [0.25, 0.3) is 0 Å². The number of halogens is 1. The highest BCUT2D eigenvalue weighted by molar-refractivity contribution is 7.89. The van der Waals surface area contributed by atoms with Crippen LogP contribution in [0, 0.1) is 5.82 Å². The van der Waals surface area contributed by atoms with E-state index in [2.05, 4.69) is 4.84 Å². The summed E-state index contributed by atoms with van der Waals surface area (Å²) in [5, 5.41) is 0. The molecule has 0 aliphatic carbocycles. The summed E-state index contributed by atoms with van der Waals surface area (Å²) in [5.74, 6) is -1.97. The van der Waals surface area contributed by atoms with E-state index in [0.29, 0.717) is 4.47 Å². The minimum Gasteiger partial charge on any atom is -0.496 e. The van der Waals surface area contributed by atoms with Crippen LogP contribution in [0.4, 0.5) is 4.39 Å². The summed E-state index contributed by atoms with van der Waals surface area (Å²) in [4.78, 5) is 28.8. The normalized spacial score (nSPS) is 11.3.